The predicted octanol–water partition coefficient (Wildman–Crippen LogP) is 1.22. The van der Waals surface area contributed by atoms with Crippen molar-refractivity contribution in [2.45, 2.75) is 45.7 Å². The summed E-state index contributed by atoms with van der Waals surface area (Å²) in [5.74, 6) is -1.12. The van der Waals surface area contributed by atoms with Crippen LogP contribution in [-0.4, -0.2) is 65.7 Å². The minimum absolute atomic E-state index is 0.136. The van der Waals surface area contributed by atoms with Crippen LogP contribution in [-0.2, 0) is 4.79 Å². The fourth-order valence-corrected chi connectivity index (χ4v) is 2.67. The Balaban J connectivity index is 2.52. The largest absolute Gasteiger partial charge is 0.480 e. The zero-order chi connectivity index (χ0) is 15.3. The Bertz CT molecular complexity index is 347. The van der Waals surface area contributed by atoms with Gasteiger partial charge in [-0.3, -0.25) is 4.90 Å². The van der Waals surface area contributed by atoms with Gasteiger partial charge < -0.3 is 15.3 Å². The summed E-state index contributed by atoms with van der Waals surface area (Å²) in [5, 5.41) is 11.7. The van der Waals surface area contributed by atoms with Crippen LogP contribution in [0.15, 0.2) is 0 Å². The first-order valence-electron chi connectivity index (χ1n) is 7.35. The molecule has 2 amide bonds. The number of likely N-dealkylation sites (N-methyl/N-ethyl adjacent to an activating group) is 2. The van der Waals surface area contributed by atoms with E-state index in [-0.39, 0.29) is 11.9 Å². The molecular weight excluding hydrogens is 258 g/mol. The SMILES string of the molecule is CCN1CCCC1CN(C)C(=O)N[C@H](C(=O)O)C(C)C. The van der Waals surface area contributed by atoms with Gasteiger partial charge in [0.25, 0.3) is 0 Å². The molecule has 1 unspecified atom stereocenters. The summed E-state index contributed by atoms with van der Waals surface area (Å²) in [6, 6.07) is -0.761. The lowest BCUT2D eigenvalue weighted by molar-refractivity contribution is -0.140. The number of rotatable bonds is 6. The van der Waals surface area contributed by atoms with Crippen LogP contribution in [0.1, 0.15) is 33.6 Å². The molecule has 2 atom stereocenters. The van der Waals surface area contributed by atoms with Crippen LogP contribution in [0.25, 0.3) is 0 Å². The van der Waals surface area contributed by atoms with Crippen molar-refractivity contribution in [2.75, 3.05) is 26.7 Å². The Kier molecular flexibility index (Phi) is 6.26. The molecule has 0 aromatic heterocycles. The van der Waals surface area contributed by atoms with Crippen LogP contribution >= 0.6 is 0 Å². The van der Waals surface area contributed by atoms with E-state index in [2.05, 4.69) is 17.1 Å². The molecule has 1 fully saturated rings. The fraction of sp³-hybridized carbons (Fsp3) is 0.857. The summed E-state index contributed by atoms with van der Waals surface area (Å²) < 4.78 is 0. The minimum Gasteiger partial charge on any atom is -0.480 e. The lowest BCUT2D eigenvalue weighted by atomic mass is 10.1. The van der Waals surface area contributed by atoms with E-state index < -0.39 is 12.0 Å². The maximum absolute atomic E-state index is 12.1. The molecule has 0 radical (unpaired) electrons. The van der Waals surface area contributed by atoms with E-state index in [1.807, 2.05) is 0 Å². The van der Waals surface area contributed by atoms with Crippen molar-refractivity contribution in [1.29, 1.82) is 0 Å². The normalized spacial score (nSPS) is 20.9. The topological polar surface area (TPSA) is 72.9 Å². The molecule has 0 spiro atoms. The van der Waals surface area contributed by atoms with Crippen LogP contribution in [0.4, 0.5) is 4.79 Å². The Morgan fingerprint density at radius 3 is 2.60 bits per heavy atom. The quantitative estimate of drug-likeness (QED) is 0.769. The van der Waals surface area contributed by atoms with Gasteiger partial charge in [0.1, 0.15) is 6.04 Å². The number of likely N-dealkylation sites (tertiary alicyclic amines) is 1. The molecule has 1 rings (SSSR count). The second kappa shape index (κ2) is 7.47. The molecule has 2 N–H and O–H groups in total. The molecule has 20 heavy (non-hydrogen) atoms. The van der Waals surface area contributed by atoms with E-state index in [0.717, 1.165) is 25.9 Å². The second-order valence-electron chi connectivity index (χ2n) is 5.81. The smallest absolute Gasteiger partial charge is 0.326 e. The number of carboxylic acids is 1. The number of nitrogens with zero attached hydrogens (tertiary/aromatic N) is 2. The number of urea groups is 1. The third-order valence-corrected chi connectivity index (χ3v) is 3.95. The van der Waals surface area contributed by atoms with Gasteiger partial charge in [0, 0.05) is 19.6 Å². The molecule has 0 bridgehead atoms. The van der Waals surface area contributed by atoms with Gasteiger partial charge >= 0.3 is 12.0 Å². The average molecular weight is 285 g/mol. The number of carboxylic acid groups (broad SMARTS) is 1. The highest BCUT2D eigenvalue weighted by atomic mass is 16.4. The molecule has 1 aliphatic heterocycles. The standard InChI is InChI=1S/C14H27N3O3/c1-5-17-8-6-7-11(17)9-16(4)14(20)15-12(10(2)3)13(18)19/h10-12H,5-9H2,1-4H3,(H,15,20)(H,18,19)/t11?,12-/m0/s1. The molecule has 1 saturated heterocycles. The summed E-state index contributed by atoms with van der Waals surface area (Å²) >= 11 is 0. The Morgan fingerprint density at radius 2 is 2.10 bits per heavy atom. The summed E-state index contributed by atoms with van der Waals surface area (Å²) in [6.45, 7) is 8.41. The molecule has 116 valence electrons. The van der Waals surface area contributed by atoms with Crippen LogP contribution in [0.5, 0.6) is 0 Å². The minimum atomic E-state index is -0.988. The van der Waals surface area contributed by atoms with Crippen LogP contribution in [0.2, 0.25) is 0 Å². The van der Waals surface area contributed by atoms with Gasteiger partial charge in [-0.05, 0) is 31.8 Å². The van der Waals surface area contributed by atoms with Crippen molar-refractivity contribution < 1.29 is 14.7 Å². The highest BCUT2D eigenvalue weighted by molar-refractivity contribution is 5.82. The van der Waals surface area contributed by atoms with Crippen molar-refractivity contribution in [3.05, 3.63) is 0 Å². The number of carbonyl (C=O) groups excluding carboxylic acids is 1. The maximum atomic E-state index is 12.1. The lowest BCUT2D eigenvalue weighted by Gasteiger charge is -2.29. The highest BCUT2D eigenvalue weighted by Gasteiger charge is 2.28. The average Bonchev–Trinajstić information content (AvgIpc) is 2.81. The number of amides is 2. The van der Waals surface area contributed by atoms with Gasteiger partial charge in [-0.15, -0.1) is 0 Å². The monoisotopic (exact) mass is 285 g/mol. The molecule has 0 aliphatic carbocycles. The van der Waals surface area contributed by atoms with Gasteiger partial charge in [0.15, 0.2) is 0 Å². The molecule has 1 heterocycles. The first kappa shape index (κ1) is 16.8. The van der Waals surface area contributed by atoms with Crippen molar-refractivity contribution in [3.63, 3.8) is 0 Å². The van der Waals surface area contributed by atoms with Crippen molar-refractivity contribution in [1.82, 2.24) is 15.1 Å². The van der Waals surface area contributed by atoms with Crippen LogP contribution < -0.4 is 5.32 Å². The number of hydrogen-bond donors (Lipinski definition) is 2. The Labute approximate surface area is 121 Å². The Hall–Kier alpha value is -1.30. The summed E-state index contributed by atoms with van der Waals surface area (Å²) in [7, 11) is 1.72. The molecule has 0 aromatic rings. The summed E-state index contributed by atoms with van der Waals surface area (Å²) in [6.07, 6.45) is 2.26. The van der Waals surface area contributed by atoms with Gasteiger partial charge in [-0.1, -0.05) is 20.8 Å². The molecule has 0 aromatic carbocycles. The van der Waals surface area contributed by atoms with Gasteiger partial charge in [-0.25, -0.2) is 9.59 Å². The first-order chi connectivity index (χ1) is 9.36. The highest BCUT2D eigenvalue weighted by Crippen LogP contribution is 2.17. The molecule has 6 nitrogen and oxygen atoms in total. The second-order valence-corrected chi connectivity index (χ2v) is 5.81. The van der Waals surface area contributed by atoms with E-state index in [9.17, 15) is 9.59 Å². The van der Waals surface area contributed by atoms with Crippen LogP contribution in [0.3, 0.4) is 0 Å². The van der Waals surface area contributed by atoms with Crippen molar-refractivity contribution in [2.24, 2.45) is 5.92 Å². The molecule has 6 heteroatoms. The predicted molar refractivity (Wildman–Crippen MR) is 77.7 cm³/mol. The third-order valence-electron chi connectivity index (χ3n) is 3.95. The molecule has 0 saturated carbocycles. The van der Waals surface area contributed by atoms with Gasteiger partial charge in [0.2, 0.25) is 0 Å². The first-order valence-corrected chi connectivity index (χ1v) is 7.35. The zero-order valence-electron chi connectivity index (χ0n) is 12.9. The van der Waals surface area contributed by atoms with Crippen molar-refractivity contribution >= 4 is 12.0 Å². The maximum Gasteiger partial charge on any atom is 0.326 e. The number of hydrogen-bond acceptors (Lipinski definition) is 3. The van der Waals surface area contributed by atoms with Gasteiger partial charge in [-0.2, -0.15) is 0 Å². The number of carbonyl (C=O) groups is 2. The van der Waals surface area contributed by atoms with E-state index >= 15 is 0 Å². The van der Waals surface area contributed by atoms with E-state index in [1.54, 1.807) is 25.8 Å². The van der Waals surface area contributed by atoms with E-state index in [0.29, 0.717) is 12.6 Å². The zero-order valence-corrected chi connectivity index (χ0v) is 12.9. The Morgan fingerprint density at radius 1 is 1.45 bits per heavy atom. The summed E-state index contributed by atoms with van der Waals surface area (Å²) in [4.78, 5) is 27.1. The fourth-order valence-electron chi connectivity index (χ4n) is 2.67. The lowest BCUT2D eigenvalue weighted by Crippen LogP contribution is -2.51. The van der Waals surface area contributed by atoms with E-state index in [4.69, 9.17) is 5.11 Å². The summed E-state index contributed by atoms with van der Waals surface area (Å²) in [5.41, 5.74) is 0. The van der Waals surface area contributed by atoms with Crippen molar-refractivity contribution in [3.8, 4) is 0 Å². The molecule has 1 aliphatic rings. The third kappa shape index (κ3) is 4.37. The molecular formula is C14H27N3O3. The number of aliphatic carboxylic acids is 1. The van der Waals surface area contributed by atoms with Gasteiger partial charge in [0.05, 0.1) is 0 Å². The van der Waals surface area contributed by atoms with E-state index in [1.165, 1.54) is 0 Å². The van der Waals surface area contributed by atoms with Crippen LogP contribution in [0, 0.1) is 5.92 Å². The number of nitrogens with one attached hydrogen (secondary N) is 1.